The molecule has 0 spiro atoms. The van der Waals surface area contributed by atoms with Crippen molar-refractivity contribution in [2.75, 3.05) is 0 Å². The Balaban J connectivity index is 1.50. The Kier molecular flexibility index (Phi) is 5.14. The van der Waals surface area contributed by atoms with Gasteiger partial charge in [-0.1, -0.05) is 24.3 Å². The number of H-pyrrole nitrogens is 1. The van der Waals surface area contributed by atoms with Crippen LogP contribution in [0.3, 0.4) is 0 Å². The second-order valence-corrected chi connectivity index (χ2v) is 7.27. The fourth-order valence-electron chi connectivity index (χ4n) is 3.93. The van der Waals surface area contributed by atoms with Gasteiger partial charge in [-0.2, -0.15) is 5.21 Å². The van der Waals surface area contributed by atoms with Gasteiger partial charge < -0.3 is 4.90 Å². The lowest BCUT2D eigenvalue weighted by Crippen LogP contribution is -2.40. The van der Waals surface area contributed by atoms with Gasteiger partial charge in [0.1, 0.15) is 5.82 Å². The summed E-state index contributed by atoms with van der Waals surface area (Å²) < 4.78 is 13.1. The lowest BCUT2D eigenvalue weighted by Gasteiger charge is -2.29. The number of aromatic amines is 1. The van der Waals surface area contributed by atoms with Crippen LogP contribution in [0, 0.1) is 5.82 Å². The smallest absolute Gasteiger partial charge is 0.254 e. The Bertz CT molecular complexity index is 942. The molecule has 2 heterocycles. The summed E-state index contributed by atoms with van der Waals surface area (Å²) >= 11 is 0. The highest BCUT2D eigenvalue weighted by Gasteiger charge is 2.34. The number of aryl methyl sites for hydroxylation is 1. The minimum atomic E-state index is -0.225. The Labute approximate surface area is 162 Å². The van der Waals surface area contributed by atoms with Gasteiger partial charge in [0.2, 0.25) is 5.82 Å². The Morgan fingerprint density at radius 2 is 2.04 bits per heavy atom. The molecule has 0 aliphatic carbocycles. The summed E-state index contributed by atoms with van der Waals surface area (Å²) in [5.74, 6) is 0.271. The van der Waals surface area contributed by atoms with Crippen molar-refractivity contribution >= 4 is 5.91 Å². The van der Waals surface area contributed by atoms with Crippen LogP contribution in [0.1, 0.15) is 42.1 Å². The van der Waals surface area contributed by atoms with E-state index < -0.39 is 0 Å². The number of amides is 1. The summed E-state index contributed by atoms with van der Waals surface area (Å²) in [6, 6.07) is 14.3. The average Bonchev–Trinajstić information content (AvgIpc) is 3.37. The Morgan fingerprint density at radius 3 is 2.79 bits per heavy atom. The van der Waals surface area contributed by atoms with E-state index in [1.165, 1.54) is 12.1 Å². The number of likely N-dealkylation sites (tertiary alicyclic amines) is 1. The predicted octanol–water partition coefficient (Wildman–Crippen LogP) is 3.63. The standard InChI is InChI=1S/C21H22FN5O/c1-14-5-11-19(12-8-15-6-9-18(22)10-7-15)27(14)21(28)17-4-2-3-16(13-17)20-23-25-26-24-20/h2-4,6-7,9-10,13-14,19H,5,8,11-12H2,1H3,(H,23,24,25,26)/t14-,19-/m1/s1. The van der Waals surface area contributed by atoms with Crippen LogP contribution in [0.5, 0.6) is 0 Å². The minimum Gasteiger partial charge on any atom is -0.333 e. The fourth-order valence-corrected chi connectivity index (χ4v) is 3.93. The predicted molar refractivity (Wildman–Crippen MR) is 103 cm³/mol. The molecule has 4 rings (SSSR count). The highest BCUT2D eigenvalue weighted by molar-refractivity contribution is 5.95. The summed E-state index contributed by atoms with van der Waals surface area (Å²) in [5, 5.41) is 14.0. The number of aromatic nitrogens is 4. The minimum absolute atomic E-state index is 0.0273. The van der Waals surface area contributed by atoms with Gasteiger partial charge in [0.25, 0.3) is 5.91 Å². The number of hydrogen-bond acceptors (Lipinski definition) is 4. The van der Waals surface area contributed by atoms with Crippen LogP contribution >= 0.6 is 0 Å². The number of tetrazole rings is 1. The summed E-state index contributed by atoms with van der Waals surface area (Å²) in [5.41, 5.74) is 2.48. The first-order valence-electron chi connectivity index (χ1n) is 9.53. The SMILES string of the molecule is C[C@@H]1CC[C@H](CCc2ccc(F)cc2)N1C(=O)c1cccc(-c2nn[nH]n2)c1. The molecule has 6 nitrogen and oxygen atoms in total. The van der Waals surface area contributed by atoms with Crippen molar-refractivity contribution in [3.05, 3.63) is 65.5 Å². The van der Waals surface area contributed by atoms with Crippen LogP contribution in [-0.4, -0.2) is 43.5 Å². The first-order valence-corrected chi connectivity index (χ1v) is 9.53. The monoisotopic (exact) mass is 379 g/mol. The van der Waals surface area contributed by atoms with Crippen LogP contribution in [0.2, 0.25) is 0 Å². The van der Waals surface area contributed by atoms with E-state index in [0.29, 0.717) is 11.4 Å². The lowest BCUT2D eigenvalue weighted by atomic mass is 10.0. The van der Waals surface area contributed by atoms with Crippen LogP contribution in [0.15, 0.2) is 48.5 Å². The normalized spacial score (nSPS) is 19.1. The van der Waals surface area contributed by atoms with Crippen molar-refractivity contribution in [1.29, 1.82) is 0 Å². The molecule has 0 radical (unpaired) electrons. The molecule has 0 unspecified atom stereocenters. The fraction of sp³-hybridized carbons (Fsp3) is 0.333. The quantitative estimate of drug-likeness (QED) is 0.735. The molecule has 28 heavy (non-hydrogen) atoms. The van der Waals surface area contributed by atoms with Gasteiger partial charge in [0, 0.05) is 23.2 Å². The number of nitrogens with zero attached hydrogens (tertiary/aromatic N) is 4. The van der Waals surface area contributed by atoms with Crippen LogP contribution in [0.25, 0.3) is 11.4 Å². The molecular formula is C21H22FN5O. The van der Waals surface area contributed by atoms with Crippen LogP contribution < -0.4 is 0 Å². The molecule has 3 aromatic rings. The average molecular weight is 379 g/mol. The Morgan fingerprint density at radius 1 is 1.21 bits per heavy atom. The number of halogens is 1. The van der Waals surface area contributed by atoms with Gasteiger partial charge in [-0.3, -0.25) is 4.79 Å². The van der Waals surface area contributed by atoms with Gasteiger partial charge in [0.15, 0.2) is 0 Å². The number of nitrogens with one attached hydrogen (secondary N) is 1. The van der Waals surface area contributed by atoms with Gasteiger partial charge in [-0.15, -0.1) is 10.2 Å². The lowest BCUT2D eigenvalue weighted by molar-refractivity contribution is 0.0673. The molecule has 1 saturated heterocycles. The summed E-state index contributed by atoms with van der Waals surface area (Å²) in [6.07, 6.45) is 3.67. The van der Waals surface area contributed by atoms with Crippen molar-refractivity contribution in [2.24, 2.45) is 0 Å². The van der Waals surface area contributed by atoms with Crippen molar-refractivity contribution < 1.29 is 9.18 Å². The topological polar surface area (TPSA) is 74.8 Å². The van der Waals surface area contributed by atoms with E-state index in [1.54, 1.807) is 0 Å². The first kappa shape index (κ1) is 18.3. The van der Waals surface area contributed by atoms with Crippen molar-refractivity contribution in [3.8, 4) is 11.4 Å². The van der Waals surface area contributed by atoms with Crippen LogP contribution in [-0.2, 0) is 6.42 Å². The molecule has 1 aromatic heterocycles. The molecule has 1 aliphatic rings. The Hall–Kier alpha value is -3.09. The highest BCUT2D eigenvalue weighted by Crippen LogP contribution is 2.29. The third-order valence-electron chi connectivity index (χ3n) is 5.41. The number of carbonyl (C=O) groups is 1. The molecule has 7 heteroatoms. The summed E-state index contributed by atoms with van der Waals surface area (Å²) in [4.78, 5) is 15.3. The molecule has 1 N–H and O–H groups in total. The first-order chi connectivity index (χ1) is 13.6. The van der Waals surface area contributed by atoms with Crippen molar-refractivity contribution in [3.63, 3.8) is 0 Å². The molecule has 2 atom stereocenters. The molecular weight excluding hydrogens is 357 g/mol. The van der Waals surface area contributed by atoms with E-state index in [9.17, 15) is 9.18 Å². The maximum atomic E-state index is 13.3. The summed E-state index contributed by atoms with van der Waals surface area (Å²) in [6.45, 7) is 2.10. The summed E-state index contributed by atoms with van der Waals surface area (Å²) in [7, 11) is 0. The zero-order valence-corrected chi connectivity index (χ0v) is 15.7. The van der Waals surface area contributed by atoms with E-state index in [-0.39, 0.29) is 23.8 Å². The zero-order valence-electron chi connectivity index (χ0n) is 15.7. The third kappa shape index (κ3) is 3.78. The maximum Gasteiger partial charge on any atom is 0.254 e. The number of hydrogen-bond donors (Lipinski definition) is 1. The van der Waals surface area contributed by atoms with E-state index in [1.807, 2.05) is 41.3 Å². The zero-order chi connectivity index (χ0) is 19.5. The molecule has 144 valence electrons. The van der Waals surface area contributed by atoms with Crippen molar-refractivity contribution in [2.45, 2.75) is 44.7 Å². The van der Waals surface area contributed by atoms with Crippen molar-refractivity contribution in [1.82, 2.24) is 25.5 Å². The van der Waals surface area contributed by atoms with E-state index in [0.717, 1.165) is 36.8 Å². The molecule has 2 aromatic carbocycles. The van der Waals surface area contributed by atoms with Gasteiger partial charge in [-0.25, -0.2) is 4.39 Å². The second kappa shape index (κ2) is 7.88. The van der Waals surface area contributed by atoms with E-state index in [2.05, 4.69) is 27.5 Å². The number of benzene rings is 2. The van der Waals surface area contributed by atoms with Gasteiger partial charge in [-0.05, 0) is 67.6 Å². The largest absolute Gasteiger partial charge is 0.333 e. The highest BCUT2D eigenvalue weighted by atomic mass is 19.1. The van der Waals surface area contributed by atoms with Crippen LogP contribution in [0.4, 0.5) is 4.39 Å². The molecule has 0 bridgehead atoms. The van der Waals surface area contributed by atoms with E-state index in [4.69, 9.17) is 0 Å². The number of carbonyl (C=O) groups excluding carboxylic acids is 1. The maximum absolute atomic E-state index is 13.3. The number of rotatable bonds is 5. The van der Waals surface area contributed by atoms with Gasteiger partial charge >= 0.3 is 0 Å². The second-order valence-electron chi connectivity index (χ2n) is 7.27. The van der Waals surface area contributed by atoms with E-state index >= 15 is 0 Å². The molecule has 0 saturated carbocycles. The molecule has 1 amide bonds. The third-order valence-corrected chi connectivity index (χ3v) is 5.41. The molecule has 1 fully saturated rings. The van der Waals surface area contributed by atoms with Gasteiger partial charge in [0.05, 0.1) is 0 Å². The molecule has 1 aliphatic heterocycles.